The number of anilines is 1. The SMILES string of the molecule is COc1cc(OC)cc(C(=O)N2CCC(C(=O)Nc3ccccc3C(F)(F)F)CC2)c1. The Morgan fingerprint density at radius 1 is 1.00 bits per heavy atom. The molecule has 1 N–H and O–H groups in total. The summed E-state index contributed by atoms with van der Waals surface area (Å²) < 4.78 is 49.8. The van der Waals surface area contributed by atoms with E-state index in [1.807, 2.05) is 0 Å². The molecular weight excluding hydrogens is 413 g/mol. The monoisotopic (exact) mass is 436 g/mol. The van der Waals surface area contributed by atoms with Crippen LogP contribution >= 0.6 is 0 Å². The number of carbonyl (C=O) groups excluding carboxylic acids is 2. The Morgan fingerprint density at radius 2 is 1.58 bits per heavy atom. The van der Waals surface area contributed by atoms with Crippen LogP contribution in [0.4, 0.5) is 18.9 Å². The summed E-state index contributed by atoms with van der Waals surface area (Å²) in [7, 11) is 2.98. The molecule has 1 saturated heterocycles. The first-order valence-electron chi connectivity index (χ1n) is 9.72. The normalized spacial score (nSPS) is 14.8. The van der Waals surface area contributed by atoms with Crippen LogP contribution in [0.2, 0.25) is 0 Å². The minimum atomic E-state index is -4.56. The molecule has 0 unspecified atom stereocenters. The van der Waals surface area contributed by atoms with Crippen LogP contribution in [0, 0.1) is 5.92 Å². The molecule has 0 bridgehead atoms. The van der Waals surface area contributed by atoms with Crippen molar-refractivity contribution in [3.8, 4) is 11.5 Å². The highest BCUT2D eigenvalue weighted by atomic mass is 19.4. The standard InChI is InChI=1S/C22H23F3N2O4/c1-30-16-11-15(12-17(13-16)31-2)21(29)27-9-7-14(8-10-27)20(28)26-19-6-4-3-5-18(19)22(23,24)25/h3-6,11-14H,7-10H2,1-2H3,(H,26,28). The fraction of sp³-hybridized carbons (Fsp3) is 0.364. The van der Waals surface area contributed by atoms with E-state index in [2.05, 4.69) is 5.32 Å². The molecule has 0 saturated carbocycles. The molecule has 9 heteroatoms. The van der Waals surface area contributed by atoms with E-state index in [4.69, 9.17) is 9.47 Å². The second-order valence-corrected chi connectivity index (χ2v) is 7.20. The predicted octanol–water partition coefficient (Wildman–Crippen LogP) is 4.21. The Kier molecular flexibility index (Phi) is 6.72. The maximum Gasteiger partial charge on any atom is 0.418 e. The summed E-state index contributed by atoms with van der Waals surface area (Å²) in [5.41, 5.74) is -0.747. The zero-order valence-corrected chi connectivity index (χ0v) is 17.2. The van der Waals surface area contributed by atoms with Crippen molar-refractivity contribution in [3.05, 3.63) is 53.6 Å². The number of para-hydroxylation sites is 1. The molecule has 31 heavy (non-hydrogen) atoms. The van der Waals surface area contributed by atoms with Gasteiger partial charge in [0.15, 0.2) is 0 Å². The summed E-state index contributed by atoms with van der Waals surface area (Å²) in [6.45, 7) is 0.634. The Hall–Kier alpha value is -3.23. The smallest absolute Gasteiger partial charge is 0.418 e. The van der Waals surface area contributed by atoms with Gasteiger partial charge in [0.05, 0.1) is 25.5 Å². The third-order valence-electron chi connectivity index (χ3n) is 5.24. The average Bonchev–Trinajstić information content (AvgIpc) is 2.77. The topological polar surface area (TPSA) is 67.9 Å². The van der Waals surface area contributed by atoms with Crippen LogP contribution in [-0.4, -0.2) is 44.0 Å². The Morgan fingerprint density at radius 3 is 2.13 bits per heavy atom. The van der Waals surface area contributed by atoms with Crippen molar-refractivity contribution in [2.75, 3.05) is 32.6 Å². The van der Waals surface area contributed by atoms with Gasteiger partial charge in [-0.2, -0.15) is 13.2 Å². The van der Waals surface area contributed by atoms with Crippen molar-refractivity contribution in [1.29, 1.82) is 0 Å². The van der Waals surface area contributed by atoms with Crippen molar-refractivity contribution >= 4 is 17.5 Å². The van der Waals surface area contributed by atoms with E-state index in [1.54, 1.807) is 23.1 Å². The first-order chi connectivity index (χ1) is 14.7. The molecule has 1 aliphatic rings. The number of amides is 2. The second-order valence-electron chi connectivity index (χ2n) is 7.20. The van der Waals surface area contributed by atoms with Crippen molar-refractivity contribution in [1.82, 2.24) is 4.90 Å². The zero-order valence-electron chi connectivity index (χ0n) is 17.2. The maximum absolute atomic E-state index is 13.1. The third kappa shape index (κ3) is 5.28. The van der Waals surface area contributed by atoms with Gasteiger partial charge in [-0.05, 0) is 37.1 Å². The first kappa shape index (κ1) is 22.5. The molecule has 0 atom stereocenters. The number of rotatable bonds is 5. The van der Waals surface area contributed by atoms with Gasteiger partial charge in [0.2, 0.25) is 5.91 Å². The summed E-state index contributed by atoms with van der Waals surface area (Å²) in [5, 5.41) is 2.40. The summed E-state index contributed by atoms with van der Waals surface area (Å²) >= 11 is 0. The van der Waals surface area contributed by atoms with E-state index in [1.165, 1.54) is 32.4 Å². The molecule has 2 amide bonds. The lowest BCUT2D eigenvalue weighted by molar-refractivity contribution is -0.137. The van der Waals surface area contributed by atoms with Gasteiger partial charge in [0.25, 0.3) is 5.91 Å². The number of alkyl halides is 3. The molecule has 166 valence electrons. The molecule has 0 radical (unpaired) electrons. The number of likely N-dealkylation sites (tertiary alicyclic amines) is 1. The van der Waals surface area contributed by atoms with Crippen LogP contribution in [0.5, 0.6) is 11.5 Å². The third-order valence-corrected chi connectivity index (χ3v) is 5.24. The second kappa shape index (κ2) is 9.28. The van der Waals surface area contributed by atoms with Crippen molar-refractivity contribution < 1.29 is 32.2 Å². The number of hydrogen-bond acceptors (Lipinski definition) is 4. The molecule has 1 heterocycles. The van der Waals surface area contributed by atoms with Crippen LogP contribution in [-0.2, 0) is 11.0 Å². The van der Waals surface area contributed by atoms with Crippen LogP contribution in [0.25, 0.3) is 0 Å². The van der Waals surface area contributed by atoms with E-state index in [9.17, 15) is 22.8 Å². The van der Waals surface area contributed by atoms with Gasteiger partial charge in [-0.1, -0.05) is 12.1 Å². The highest BCUT2D eigenvalue weighted by Crippen LogP contribution is 2.35. The maximum atomic E-state index is 13.1. The summed E-state index contributed by atoms with van der Waals surface area (Å²) in [6, 6.07) is 9.75. The Labute approximate surface area is 177 Å². The summed E-state index contributed by atoms with van der Waals surface area (Å²) in [6.07, 6.45) is -3.85. The van der Waals surface area contributed by atoms with Gasteiger partial charge in [-0.25, -0.2) is 0 Å². The Balaban J connectivity index is 1.64. The fourth-order valence-electron chi connectivity index (χ4n) is 3.53. The molecule has 0 aromatic heterocycles. The lowest BCUT2D eigenvalue weighted by Gasteiger charge is -2.31. The molecular formula is C22H23F3N2O4. The van der Waals surface area contributed by atoms with Crippen LogP contribution in [0.1, 0.15) is 28.8 Å². The molecule has 0 aliphatic carbocycles. The molecule has 6 nitrogen and oxygen atoms in total. The van der Waals surface area contributed by atoms with Crippen LogP contribution in [0.15, 0.2) is 42.5 Å². The Bertz CT molecular complexity index is 932. The molecule has 1 aliphatic heterocycles. The number of halogens is 3. The van der Waals surface area contributed by atoms with Gasteiger partial charge in [0.1, 0.15) is 11.5 Å². The average molecular weight is 436 g/mol. The lowest BCUT2D eigenvalue weighted by atomic mass is 9.95. The van der Waals surface area contributed by atoms with Crippen molar-refractivity contribution in [2.45, 2.75) is 19.0 Å². The van der Waals surface area contributed by atoms with Crippen molar-refractivity contribution in [2.24, 2.45) is 5.92 Å². The van der Waals surface area contributed by atoms with Gasteiger partial charge in [0, 0.05) is 30.6 Å². The number of methoxy groups -OCH3 is 2. The van der Waals surface area contributed by atoms with E-state index in [0.29, 0.717) is 43.0 Å². The number of carbonyl (C=O) groups is 2. The predicted molar refractivity (Wildman–Crippen MR) is 108 cm³/mol. The number of ether oxygens (including phenoxy) is 2. The minimum absolute atomic E-state index is 0.224. The van der Waals surface area contributed by atoms with Crippen LogP contribution in [0.3, 0.4) is 0 Å². The number of piperidine rings is 1. The van der Waals surface area contributed by atoms with Gasteiger partial charge >= 0.3 is 6.18 Å². The van der Waals surface area contributed by atoms with E-state index in [-0.39, 0.29) is 11.6 Å². The highest BCUT2D eigenvalue weighted by Gasteiger charge is 2.35. The van der Waals surface area contributed by atoms with Gasteiger partial charge < -0.3 is 19.7 Å². The lowest BCUT2D eigenvalue weighted by Crippen LogP contribution is -2.41. The van der Waals surface area contributed by atoms with Gasteiger partial charge in [-0.3, -0.25) is 9.59 Å². The fourth-order valence-corrected chi connectivity index (χ4v) is 3.53. The highest BCUT2D eigenvalue weighted by molar-refractivity contribution is 5.96. The number of benzene rings is 2. The van der Waals surface area contributed by atoms with E-state index in [0.717, 1.165) is 6.07 Å². The molecule has 3 rings (SSSR count). The molecule has 2 aromatic carbocycles. The van der Waals surface area contributed by atoms with Crippen LogP contribution < -0.4 is 14.8 Å². The quantitative estimate of drug-likeness (QED) is 0.763. The zero-order chi connectivity index (χ0) is 22.6. The first-order valence-corrected chi connectivity index (χ1v) is 9.72. The molecule has 1 fully saturated rings. The largest absolute Gasteiger partial charge is 0.497 e. The number of nitrogens with one attached hydrogen (secondary N) is 1. The molecule has 0 spiro atoms. The summed E-state index contributed by atoms with van der Waals surface area (Å²) in [5.74, 6) is -0.212. The number of nitrogens with zero attached hydrogens (tertiary/aromatic N) is 1. The minimum Gasteiger partial charge on any atom is -0.497 e. The van der Waals surface area contributed by atoms with E-state index >= 15 is 0 Å². The van der Waals surface area contributed by atoms with Gasteiger partial charge in [-0.15, -0.1) is 0 Å². The summed E-state index contributed by atoms with van der Waals surface area (Å²) in [4.78, 5) is 27.0. The van der Waals surface area contributed by atoms with E-state index < -0.39 is 23.6 Å². The van der Waals surface area contributed by atoms with Crippen molar-refractivity contribution in [3.63, 3.8) is 0 Å². The number of hydrogen-bond donors (Lipinski definition) is 1. The molecule has 2 aromatic rings.